The van der Waals surface area contributed by atoms with Gasteiger partial charge in [0.25, 0.3) is 0 Å². The molecule has 6 N–H and O–H groups in total. The first kappa shape index (κ1) is 56.2. The van der Waals surface area contributed by atoms with Crippen molar-refractivity contribution in [2.75, 3.05) is 63.9 Å². The highest BCUT2D eigenvalue weighted by molar-refractivity contribution is 6.33. The Balaban J connectivity index is 1.02. The number of anilines is 2. The molecule has 0 saturated carbocycles. The number of nitrogens with one attached hydrogen (secondary N) is 2. The fourth-order valence-electron chi connectivity index (χ4n) is 9.63. The molecule has 414 valence electrons. The van der Waals surface area contributed by atoms with Crippen molar-refractivity contribution in [1.82, 2.24) is 50.7 Å². The number of aromatic nitrogens is 8. The summed E-state index contributed by atoms with van der Waals surface area (Å²) in [6, 6.07) is 14.3. The van der Waals surface area contributed by atoms with Crippen molar-refractivity contribution >= 4 is 46.2 Å². The van der Waals surface area contributed by atoms with Gasteiger partial charge in [-0.05, 0) is 89.8 Å². The van der Waals surface area contributed by atoms with Gasteiger partial charge in [-0.1, -0.05) is 41.3 Å². The summed E-state index contributed by atoms with van der Waals surface area (Å²) in [5.74, 6) is 3.35. The van der Waals surface area contributed by atoms with Crippen molar-refractivity contribution in [2.45, 2.75) is 85.8 Å². The molecule has 0 fully saturated rings. The Morgan fingerprint density at radius 3 is 2.00 bits per heavy atom. The number of methoxy groups -OCH3 is 1. The van der Waals surface area contributed by atoms with Crippen LogP contribution >= 0.6 is 23.2 Å². The topological polar surface area (TPSA) is 267 Å². The molecule has 0 bridgehead atoms. The van der Waals surface area contributed by atoms with Crippen molar-refractivity contribution < 1.29 is 38.5 Å². The maximum Gasteiger partial charge on any atom is 0.320 e. The number of fused-ring (bicyclic) bond motifs is 2. The summed E-state index contributed by atoms with van der Waals surface area (Å²) in [5.41, 5.74) is 15.5. The summed E-state index contributed by atoms with van der Waals surface area (Å²) in [4.78, 5) is 52.8. The first-order valence-corrected chi connectivity index (χ1v) is 26.6. The van der Waals surface area contributed by atoms with Crippen LogP contribution < -0.4 is 45.1 Å². The number of aliphatic hydroxyl groups is 2. The zero-order valence-corrected chi connectivity index (χ0v) is 46.8. The molecule has 0 saturated heterocycles. The quantitative estimate of drug-likeness (QED) is 0.0401. The number of ketones is 1. The maximum atomic E-state index is 14.2. The van der Waals surface area contributed by atoms with Crippen molar-refractivity contribution in [3.63, 3.8) is 0 Å². The van der Waals surface area contributed by atoms with E-state index in [9.17, 15) is 15.0 Å². The lowest BCUT2D eigenvalue weighted by atomic mass is 9.97. The molecule has 2 aliphatic heterocycles. The molecule has 23 heteroatoms. The molecule has 0 radical (unpaired) electrons. The van der Waals surface area contributed by atoms with Gasteiger partial charge in [-0.2, -0.15) is 9.97 Å². The number of halogens is 2. The second-order valence-electron chi connectivity index (χ2n) is 19.3. The number of benzene rings is 2. The number of carbonyl (C=O) groups is 1. The Labute approximate surface area is 467 Å². The molecule has 2 aromatic carbocycles. The Morgan fingerprint density at radius 2 is 1.41 bits per heavy atom. The lowest BCUT2D eigenvalue weighted by Gasteiger charge is -2.23. The summed E-state index contributed by atoms with van der Waals surface area (Å²) in [6.45, 7) is 11.7. The van der Waals surface area contributed by atoms with Crippen LogP contribution in [0.4, 0.5) is 11.6 Å². The largest absolute Gasteiger partial charge is 0.491 e. The molecule has 0 aliphatic carbocycles. The lowest BCUT2D eigenvalue weighted by molar-refractivity contribution is -0.113. The number of allylic oxidation sites excluding steroid dienone is 1. The van der Waals surface area contributed by atoms with Crippen LogP contribution in [0.25, 0.3) is 39.6 Å². The predicted molar refractivity (Wildman–Crippen MR) is 299 cm³/mol. The summed E-state index contributed by atoms with van der Waals surface area (Å²) in [6.07, 6.45) is 0.519. The number of aryl methyl sites for hydroxylation is 2. The van der Waals surface area contributed by atoms with E-state index in [2.05, 4.69) is 35.6 Å². The molecule has 0 amide bonds. The first-order valence-electron chi connectivity index (χ1n) is 25.8. The smallest absolute Gasteiger partial charge is 0.320 e. The van der Waals surface area contributed by atoms with E-state index in [1.807, 2.05) is 39.8 Å². The number of nitrogens with two attached hydrogens (primary N) is 1. The predicted octanol–water partition coefficient (Wildman–Crippen LogP) is 7.07. The number of aliphatic hydroxyl groups excluding tert-OH is 2. The van der Waals surface area contributed by atoms with Crippen LogP contribution in [0.5, 0.6) is 23.4 Å². The van der Waals surface area contributed by atoms with Crippen molar-refractivity contribution in [3.8, 4) is 57.4 Å². The van der Waals surface area contributed by atoms with Crippen molar-refractivity contribution in [3.05, 3.63) is 121 Å². The SMILES string of the molecule is CCC(=O)C(=C(N)CCOc1nc2c(c(OC)n1)CN(c1nc(-c3cc(OC[C@H](O)CNC)ccc3Cl)nc(-c3c(C)noc3C)c1C)C2)c1nc(-c2cc(OC[C@H](O)CNC)ccc2Cl)nc(N2Cc3cccnc3C2)c1C. The Morgan fingerprint density at radius 1 is 0.785 bits per heavy atom. The number of nitrogens with zero attached hydrogens (tertiary/aromatic N) is 10. The summed E-state index contributed by atoms with van der Waals surface area (Å²) >= 11 is 13.8. The minimum absolute atomic E-state index is 0.00723. The van der Waals surface area contributed by atoms with E-state index < -0.39 is 12.2 Å². The number of Topliss-reactive ketones (excluding diaryl/α,β-unsaturated/α-hetero) is 1. The highest BCUT2D eigenvalue weighted by Crippen LogP contribution is 2.42. The molecule has 21 nitrogen and oxygen atoms in total. The van der Waals surface area contributed by atoms with Gasteiger partial charge >= 0.3 is 6.01 Å². The molecule has 0 spiro atoms. The third-order valence-electron chi connectivity index (χ3n) is 13.6. The van der Waals surface area contributed by atoms with Gasteiger partial charge in [0.15, 0.2) is 17.4 Å². The third kappa shape index (κ3) is 12.2. The molecule has 7 aromatic rings. The Bertz CT molecular complexity index is 3390. The van der Waals surface area contributed by atoms with Crippen LogP contribution in [0, 0.1) is 27.7 Å². The van der Waals surface area contributed by atoms with Crippen molar-refractivity contribution in [1.29, 1.82) is 0 Å². The molecule has 9 rings (SSSR count). The Hall–Kier alpha value is -7.53. The minimum Gasteiger partial charge on any atom is -0.491 e. The molecular weight excluding hydrogens is 1050 g/mol. The van der Waals surface area contributed by atoms with Gasteiger partial charge in [0.1, 0.15) is 54.3 Å². The van der Waals surface area contributed by atoms with Gasteiger partial charge in [0.05, 0.1) is 88.6 Å². The van der Waals surface area contributed by atoms with Crippen LogP contribution in [-0.2, 0) is 31.0 Å². The maximum absolute atomic E-state index is 14.2. The molecule has 0 unspecified atom stereocenters. The second-order valence-corrected chi connectivity index (χ2v) is 20.1. The van der Waals surface area contributed by atoms with E-state index in [0.717, 1.165) is 27.9 Å². The van der Waals surface area contributed by atoms with Crippen LogP contribution in [0.15, 0.2) is 64.9 Å². The molecule has 2 aliphatic rings. The highest BCUT2D eigenvalue weighted by Gasteiger charge is 2.33. The van der Waals surface area contributed by atoms with E-state index >= 15 is 0 Å². The van der Waals surface area contributed by atoms with E-state index in [4.69, 9.17) is 77.3 Å². The van der Waals surface area contributed by atoms with Crippen LogP contribution in [-0.4, -0.2) is 122 Å². The van der Waals surface area contributed by atoms with Crippen LogP contribution in [0.2, 0.25) is 10.0 Å². The minimum atomic E-state index is -0.748. The van der Waals surface area contributed by atoms with Gasteiger partial charge in [-0.3, -0.25) is 9.78 Å². The average Bonchev–Trinajstić information content (AvgIpc) is 4.42. The molecule has 7 heterocycles. The number of hydrogen-bond donors (Lipinski definition) is 5. The number of hydrogen-bond acceptors (Lipinski definition) is 21. The summed E-state index contributed by atoms with van der Waals surface area (Å²) in [5, 5.41) is 31.6. The fourth-order valence-corrected chi connectivity index (χ4v) is 10.0. The molecule has 79 heavy (non-hydrogen) atoms. The number of carbonyl (C=O) groups excluding carboxylic acids is 1. The summed E-state index contributed by atoms with van der Waals surface area (Å²) < 4.78 is 29.6. The molecular formula is C56H63Cl2N13O8. The number of ether oxygens (including phenoxy) is 4. The van der Waals surface area contributed by atoms with Gasteiger partial charge in [-0.25, -0.2) is 19.9 Å². The van der Waals surface area contributed by atoms with E-state index in [0.29, 0.717) is 129 Å². The third-order valence-corrected chi connectivity index (χ3v) is 14.3. The van der Waals surface area contributed by atoms with Gasteiger partial charge in [0.2, 0.25) is 5.88 Å². The lowest BCUT2D eigenvalue weighted by Crippen LogP contribution is -2.29. The van der Waals surface area contributed by atoms with E-state index in [1.165, 1.54) is 7.11 Å². The van der Waals surface area contributed by atoms with E-state index in [1.54, 1.807) is 63.6 Å². The van der Waals surface area contributed by atoms with Gasteiger partial charge in [0, 0.05) is 66.6 Å². The summed E-state index contributed by atoms with van der Waals surface area (Å²) in [7, 11) is 5.04. The first-order chi connectivity index (χ1) is 38.1. The van der Waals surface area contributed by atoms with Crippen molar-refractivity contribution in [2.24, 2.45) is 5.73 Å². The van der Waals surface area contributed by atoms with Crippen LogP contribution in [0.3, 0.4) is 0 Å². The van der Waals surface area contributed by atoms with Crippen LogP contribution in [0.1, 0.15) is 70.6 Å². The van der Waals surface area contributed by atoms with Gasteiger partial charge in [-0.15, -0.1) is 0 Å². The monoisotopic (exact) mass is 1120 g/mol. The highest BCUT2D eigenvalue weighted by atomic mass is 35.5. The Kier molecular flexibility index (Phi) is 17.5. The average molecular weight is 1120 g/mol. The zero-order valence-electron chi connectivity index (χ0n) is 45.3. The zero-order chi connectivity index (χ0) is 56.1. The second kappa shape index (κ2) is 24.6. The van der Waals surface area contributed by atoms with E-state index in [-0.39, 0.29) is 61.6 Å². The standard InChI is InChI=1S/C56H63Cl2N13O8/c1-9-46(74)48(50-30(3)53(70-23-33-11-10-17-62-44(33)25-70)66-52(65-50)39-20-37(13-15-42(39)58)78-28-35(73)22-61-7)43(59)16-18-76-56-63-45-26-71(24-40(45)55(68-56)75-8)54-29(2)49(47-31(4)69-79-32(47)5)64-51(67-54)38-19-36(12-14-41(38)57)77-27-34(72)21-60-6/h10-15,17,19-20,34-35,60-61,72-73H,9,16,18,21-28,59H2,1-8H3/t34-,35-/m1/s1. The number of likely N-dealkylation sites (N-methyl/N-ethyl adjacent to an activating group) is 2. The number of rotatable bonds is 23. The normalized spacial score (nSPS) is 14.0. The van der Waals surface area contributed by atoms with Gasteiger partial charge < -0.3 is 59.9 Å². The number of pyridine rings is 1. The molecule has 2 atom stereocenters. The molecule has 5 aromatic heterocycles. The fraction of sp³-hybridized carbons (Fsp3) is 0.375.